The topological polar surface area (TPSA) is 68.3 Å². The van der Waals surface area contributed by atoms with E-state index in [-0.39, 0.29) is 33.4 Å². The van der Waals surface area contributed by atoms with Gasteiger partial charge >= 0.3 is 0 Å². The Morgan fingerprint density at radius 3 is 1.07 bits per heavy atom. The van der Waals surface area contributed by atoms with Crippen LogP contribution in [0.25, 0.3) is 62.3 Å². The van der Waals surface area contributed by atoms with Crippen molar-refractivity contribution in [2.24, 2.45) is 0 Å². The molecule has 0 saturated heterocycles. The highest BCUT2D eigenvalue weighted by Gasteiger charge is 2.43. The SMILES string of the molecule is CC1(C)c2c(sc3cc(C=C4C(=O)c5cc6cc(F)c(F)cc6cc5C4=O)sc23)-c2sc3cc(C=C4C(=O)c5cc6cc(F)c(F)cc6cc5C4=O)sc3c21. The van der Waals surface area contributed by atoms with E-state index in [1.807, 2.05) is 12.1 Å². The lowest BCUT2D eigenvalue weighted by Crippen LogP contribution is -2.14. The Bertz CT molecular complexity index is 2970. The van der Waals surface area contributed by atoms with Crippen LogP contribution in [0.1, 0.15) is 76.2 Å². The number of allylic oxidation sites excluding steroid dienone is 2. The predicted octanol–water partition coefficient (Wildman–Crippen LogP) is 12.3. The summed E-state index contributed by atoms with van der Waals surface area (Å²) in [5, 5.41) is 1.34. The van der Waals surface area contributed by atoms with Gasteiger partial charge in [0.15, 0.2) is 46.4 Å². The second kappa shape index (κ2) is 10.9. The molecular weight excluding hydrogens is 785 g/mol. The van der Waals surface area contributed by atoms with Gasteiger partial charge in [-0.25, -0.2) is 17.6 Å². The van der Waals surface area contributed by atoms with Crippen molar-refractivity contribution < 1.29 is 36.7 Å². The quantitative estimate of drug-likeness (QED) is 0.0992. The standard InChI is InChI=1S/C43H18F4O4S4/c1-43(2)33-39-31(13-19(52-39)11-25-35(48)21-3-15-7-27(44)28(45)8-16(15)4-22(21)36(25)49)54-41(33)42-34(43)40-32(55-42)14-20(53-40)12-26-37(50)23-5-17-9-29(46)30(47)10-18(17)6-24(23)38(26)51/h3-14H,1-2H3. The van der Waals surface area contributed by atoms with Gasteiger partial charge in [-0.15, -0.1) is 45.3 Å². The van der Waals surface area contributed by atoms with Crippen LogP contribution in [0.2, 0.25) is 0 Å². The van der Waals surface area contributed by atoms with Crippen LogP contribution in [-0.2, 0) is 5.41 Å². The molecular formula is C43H18F4O4S4. The average Bonchev–Trinajstić information content (AvgIpc) is 3.97. The summed E-state index contributed by atoms with van der Waals surface area (Å²) >= 11 is 6.32. The molecule has 55 heavy (non-hydrogen) atoms. The van der Waals surface area contributed by atoms with Gasteiger partial charge in [0.05, 0.1) is 30.3 Å². The number of carbonyl (C=O) groups excluding carboxylic acids is 4. The number of ketones is 4. The van der Waals surface area contributed by atoms with Gasteiger partial charge in [-0.3, -0.25) is 19.2 Å². The van der Waals surface area contributed by atoms with Gasteiger partial charge in [-0.1, -0.05) is 13.8 Å². The zero-order chi connectivity index (χ0) is 38.0. The lowest BCUT2D eigenvalue weighted by Gasteiger charge is -2.19. The number of thiophene rings is 4. The van der Waals surface area contributed by atoms with Crippen LogP contribution in [0.3, 0.4) is 0 Å². The van der Waals surface area contributed by atoms with Crippen LogP contribution in [0.15, 0.2) is 71.8 Å². The third kappa shape index (κ3) is 4.42. The molecule has 266 valence electrons. The van der Waals surface area contributed by atoms with E-state index in [4.69, 9.17) is 0 Å². The van der Waals surface area contributed by atoms with E-state index in [0.29, 0.717) is 21.5 Å². The van der Waals surface area contributed by atoms with Gasteiger partial charge in [0.1, 0.15) is 0 Å². The van der Waals surface area contributed by atoms with Crippen molar-refractivity contribution in [3.05, 3.63) is 138 Å². The summed E-state index contributed by atoms with van der Waals surface area (Å²) in [6.07, 6.45) is 3.22. The van der Waals surface area contributed by atoms with Crippen LogP contribution in [0.5, 0.6) is 0 Å². The highest BCUT2D eigenvalue weighted by molar-refractivity contribution is 7.35. The normalized spacial score (nSPS) is 15.7. The zero-order valence-corrected chi connectivity index (χ0v) is 31.5. The molecule has 8 aromatic rings. The fourth-order valence-corrected chi connectivity index (χ4v) is 14.2. The molecule has 0 bridgehead atoms. The second-order valence-corrected chi connectivity index (χ2v) is 18.6. The summed E-state index contributed by atoms with van der Waals surface area (Å²) in [6.45, 7) is 4.33. The molecule has 3 aliphatic carbocycles. The minimum absolute atomic E-state index is 0.00972. The van der Waals surface area contributed by atoms with Gasteiger partial charge in [-0.2, -0.15) is 0 Å². The van der Waals surface area contributed by atoms with E-state index in [2.05, 4.69) is 13.8 Å². The molecule has 0 radical (unpaired) electrons. The van der Waals surface area contributed by atoms with E-state index in [1.54, 1.807) is 34.8 Å². The molecule has 3 aliphatic rings. The van der Waals surface area contributed by atoms with Gasteiger partial charge in [0.2, 0.25) is 0 Å². The second-order valence-electron chi connectivity index (χ2n) is 14.4. The Morgan fingerprint density at radius 2 is 0.764 bits per heavy atom. The van der Waals surface area contributed by atoms with Crippen LogP contribution in [-0.4, -0.2) is 23.1 Å². The third-order valence-electron chi connectivity index (χ3n) is 10.8. The van der Waals surface area contributed by atoms with Gasteiger partial charge < -0.3 is 0 Å². The average molecular weight is 803 g/mol. The molecule has 11 rings (SSSR count). The highest BCUT2D eigenvalue weighted by Crippen LogP contribution is 2.62. The molecule has 0 aliphatic heterocycles. The van der Waals surface area contributed by atoms with Crippen molar-refractivity contribution in [2.45, 2.75) is 19.3 Å². The molecule has 0 N–H and O–H groups in total. The Labute approximate surface area is 323 Å². The molecule has 0 spiro atoms. The van der Waals surface area contributed by atoms with Crippen molar-refractivity contribution in [1.29, 1.82) is 0 Å². The fraction of sp³-hybridized carbons (Fsp3) is 0.0698. The number of hydrogen-bond donors (Lipinski definition) is 0. The zero-order valence-electron chi connectivity index (χ0n) is 28.2. The smallest absolute Gasteiger partial charge is 0.197 e. The first kappa shape index (κ1) is 33.0. The minimum atomic E-state index is -1.03. The molecule has 0 fully saturated rings. The number of Topliss-reactive ketones (excluding diaryl/α,β-unsaturated/α-hetero) is 4. The van der Waals surface area contributed by atoms with Crippen molar-refractivity contribution >= 4 is 121 Å². The molecule has 12 heteroatoms. The largest absolute Gasteiger partial charge is 0.288 e. The first-order chi connectivity index (χ1) is 26.3. The Balaban J connectivity index is 0.936. The maximum absolute atomic E-state index is 13.9. The third-order valence-corrected chi connectivity index (χ3v) is 15.7. The summed E-state index contributed by atoms with van der Waals surface area (Å²) in [6, 6.07) is 13.8. The lowest BCUT2D eigenvalue weighted by molar-refractivity contribution is 0.0975. The molecule has 4 aromatic carbocycles. The van der Waals surface area contributed by atoms with Crippen LogP contribution < -0.4 is 0 Å². The summed E-state index contributed by atoms with van der Waals surface area (Å²) in [7, 11) is 0. The number of halogens is 4. The number of rotatable bonds is 2. The van der Waals surface area contributed by atoms with E-state index in [1.165, 1.54) is 46.9 Å². The van der Waals surface area contributed by atoms with Crippen LogP contribution >= 0.6 is 45.3 Å². The monoisotopic (exact) mass is 802 g/mol. The summed E-state index contributed by atoms with van der Waals surface area (Å²) in [4.78, 5) is 57.6. The van der Waals surface area contributed by atoms with E-state index >= 15 is 0 Å². The summed E-state index contributed by atoms with van der Waals surface area (Å²) < 4.78 is 59.9. The lowest BCUT2D eigenvalue weighted by atomic mass is 9.84. The number of hydrogen-bond acceptors (Lipinski definition) is 8. The van der Waals surface area contributed by atoms with E-state index in [9.17, 15) is 36.7 Å². The Morgan fingerprint density at radius 1 is 0.455 bits per heavy atom. The van der Waals surface area contributed by atoms with Gasteiger partial charge in [-0.05, 0) is 105 Å². The molecule has 4 aromatic heterocycles. The number of carbonyl (C=O) groups is 4. The molecule has 4 nitrogen and oxygen atoms in total. The number of fused-ring (bicyclic) bond motifs is 11. The summed E-state index contributed by atoms with van der Waals surface area (Å²) in [5.74, 6) is -5.92. The van der Waals surface area contributed by atoms with Crippen molar-refractivity contribution in [2.75, 3.05) is 0 Å². The summed E-state index contributed by atoms with van der Waals surface area (Å²) in [5.41, 5.74) is 2.61. The van der Waals surface area contributed by atoms with Crippen molar-refractivity contribution in [3.8, 4) is 9.75 Å². The molecule has 0 amide bonds. The van der Waals surface area contributed by atoms with E-state index in [0.717, 1.165) is 73.7 Å². The van der Waals surface area contributed by atoms with Gasteiger partial charge in [0.25, 0.3) is 0 Å². The van der Waals surface area contributed by atoms with E-state index < -0.39 is 51.8 Å². The van der Waals surface area contributed by atoms with Crippen LogP contribution in [0, 0.1) is 23.3 Å². The first-order valence-corrected chi connectivity index (χ1v) is 20.1. The minimum Gasteiger partial charge on any atom is -0.288 e. The Kier molecular flexibility index (Phi) is 6.52. The Hall–Kier alpha value is -5.40. The molecule has 0 unspecified atom stereocenters. The molecule has 4 heterocycles. The maximum atomic E-state index is 13.9. The molecule has 0 atom stereocenters. The number of benzene rings is 4. The highest BCUT2D eigenvalue weighted by atomic mass is 32.1. The first-order valence-electron chi connectivity index (χ1n) is 16.9. The molecule has 0 saturated carbocycles. The fourth-order valence-electron chi connectivity index (χ4n) is 8.21. The van der Waals surface area contributed by atoms with Crippen LogP contribution in [0.4, 0.5) is 17.6 Å². The van der Waals surface area contributed by atoms with Gasteiger partial charge in [0, 0.05) is 46.8 Å². The van der Waals surface area contributed by atoms with Crippen molar-refractivity contribution in [3.63, 3.8) is 0 Å². The maximum Gasteiger partial charge on any atom is 0.197 e. The predicted molar refractivity (Wildman–Crippen MR) is 212 cm³/mol. The van der Waals surface area contributed by atoms with Crippen molar-refractivity contribution in [1.82, 2.24) is 0 Å².